The van der Waals surface area contributed by atoms with Gasteiger partial charge in [0, 0.05) is 18.3 Å². The molecule has 1 heterocycles. The van der Waals surface area contributed by atoms with Crippen LogP contribution in [-0.2, 0) is 4.79 Å². The Morgan fingerprint density at radius 3 is 2.65 bits per heavy atom. The maximum atomic E-state index is 14.1. The first kappa shape index (κ1) is 18.0. The van der Waals surface area contributed by atoms with Gasteiger partial charge in [-0.3, -0.25) is 4.79 Å². The summed E-state index contributed by atoms with van der Waals surface area (Å²) in [5, 5.41) is 6.01. The first-order valence-electron chi connectivity index (χ1n) is 8.20. The summed E-state index contributed by atoms with van der Waals surface area (Å²) in [6.45, 7) is 1.66. The molecule has 0 spiro atoms. The number of benzene rings is 1. The van der Waals surface area contributed by atoms with Gasteiger partial charge in [0.15, 0.2) is 11.6 Å². The van der Waals surface area contributed by atoms with Crippen molar-refractivity contribution in [3.05, 3.63) is 24.0 Å². The number of hydrogen-bond acceptors (Lipinski definition) is 3. The number of carbonyl (C=O) groups excluding carboxylic acids is 1. The average molecular weight is 343 g/mol. The van der Waals surface area contributed by atoms with E-state index >= 15 is 0 Å². The highest BCUT2D eigenvalue weighted by Gasteiger charge is 2.22. The molecule has 1 aromatic rings. The van der Waals surface area contributed by atoms with Gasteiger partial charge in [0.1, 0.15) is 0 Å². The van der Waals surface area contributed by atoms with Crippen LogP contribution in [0.15, 0.2) is 18.2 Å². The summed E-state index contributed by atoms with van der Waals surface area (Å²) in [6, 6.07) is 4.67. The quantitative estimate of drug-likeness (QED) is 0.880. The van der Waals surface area contributed by atoms with Gasteiger partial charge < -0.3 is 15.4 Å². The molecular formula is C17H24ClFN2O2. The van der Waals surface area contributed by atoms with Crippen LogP contribution in [0.3, 0.4) is 0 Å². The van der Waals surface area contributed by atoms with Crippen molar-refractivity contribution < 1.29 is 13.9 Å². The van der Waals surface area contributed by atoms with E-state index < -0.39 is 5.82 Å². The van der Waals surface area contributed by atoms with Gasteiger partial charge in [-0.1, -0.05) is 0 Å². The van der Waals surface area contributed by atoms with Gasteiger partial charge >= 0.3 is 0 Å². The Labute approximate surface area is 142 Å². The predicted molar refractivity (Wildman–Crippen MR) is 90.8 cm³/mol. The molecule has 2 fully saturated rings. The zero-order valence-electron chi connectivity index (χ0n) is 13.1. The van der Waals surface area contributed by atoms with E-state index in [0.717, 1.165) is 45.1 Å². The number of halogens is 2. The van der Waals surface area contributed by atoms with E-state index in [2.05, 4.69) is 10.6 Å². The number of hydrogen-bond donors (Lipinski definition) is 2. The minimum Gasteiger partial charge on any atom is -0.487 e. The van der Waals surface area contributed by atoms with Gasteiger partial charge in [0.25, 0.3) is 0 Å². The van der Waals surface area contributed by atoms with Crippen molar-refractivity contribution in [3.63, 3.8) is 0 Å². The third-order valence-corrected chi connectivity index (χ3v) is 4.46. The third-order valence-electron chi connectivity index (χ3n) is 4.46. The SMILES string of the molecule is Cl.O=C(Nc1ccc(OC2CCCC2)c(F)c1)C1CCCNC1. The standard InChI is InChI=1S/C17H23FN2O2.ClH/c18-15-10-13(20-17(21)12-4-3-9-19-11-12)7-8-16(15)22-14-5-1-2-6-14;/h7-8,10,12,14,19H,1-6,9,11H2,(H,20,21);1H. The Morgan fingerprint density at radius 2 is 2.00 bits per heavy atom. The second-order valence-electron chi connectivity index (χ2n) is 6.20. The highest BCUT2D eigenvalue weighted by atomic mass is 35.5. The maximum Gasteiger partial charge on any atom is 0.228 e. The molecule has 3 rings (SSSR count). The van der Waals surface area contributed by atoms with E-state index in [1.165, 1.54) is 6.07 Å². The van der Waals surface area contributed by atoms with E-state index in [1.54, 1.807) is 12.1 Å². The molecule has 0 aromatic heterocycles. The summed E-state index contributed by atoms with van der Waals surface area (Å²) in [5.74, 6) is -0.210. The third kappa shape index (κ3) is 4.82. The Morgan fingerprint density at radius 1 is 1.22 bits per heavy atom. The van der Waals surface area contributed by atoms with E-state index in [9.17, 15) is 9.18 Å². The van der Waals surface area contributed by atoms with Crippen LogP contribution >= 0.6 is 12.4 Å². The number of carbonyl (C=O) groups is 1. The molecular weight excluding hydrogens is 319 g/mol. The average Bonchev–Trinajstić information content (AvgIpc) is 3.04. The molecule has 1 atom stereocenters. The normalized spacial score (nSPS) is 21.5. The summed E-state index contributed by atoms with van der Waals surface area (Å²) in [6.07, 6.45) is 6.29. The first-order valence-corrected chi connectivity index (χ1v) is 8.20. The lowest BCUT2D eigenvalue weighted by atomic mass is 9.99. The Bertz CT molecular complexity index is 529. The van der Waals surface area contributed by atoms with Crippen LogP contribution < -0.4 is 15.4 Å². The Kier molecular flexibility index (Phi) is 6.66. The van der Waals surface area contributed by atoms with E-state index in [4.69, 9.17) is 4.74 Å². The first-order chi connectivity index (χ1) is 10.7. The van der Waals surface area contributed by atoms with Gasteiger partial charge in [-0.15, -0.1) is 12.4 Å². The number of piperidine rings is 1. The summed E-state index contributed by atoms with van der Waals surface area (Å²) in [7, 11) is 0. The monoisotopic (exact) mass is 342 g/mol. The minimum absolute atomic E-state index is 0. The fourth-order valence-electron chi connectivity index (χ4n) is 3.18. The van der Waals surface area contributed by atoms with Crippen LogP contribution in [0.5, 0.6) is 5.75 Å². The van der Waals surface area contributed by atoms with Crippen molar-refractivity contribution in [2.24, 2.45) is 5.92 Å². The van der Waals surface area contributed by atoms with E-state index in [0.29, 0.717) is 12.2 Å². The highest BCUT2D eigenvalue weighted by molar-refractivity contribution is 5.92. The van der Waals surface area contributed by atoms with Crippen LogP contribution in [0.2, 0.25) is 0 Å². The van der Waals surface area contributed by atoms with Crippen molar-refractivity contribution >= 4 is 24.0 Å². The van der Waals surface area contributed by atoms with Gasteiger partial charge in [0.05, 0.1) is 12.0 Å². The van der Waals surface area contributed by atoms with Gasteiger partial charge in [-0.25, -0.2) is 4.39 Å². The fourth-order valence-corrected chi connectivity index (χ4v) is 3.18. The molecule has 1 saturated heterocycles. The van der Waals surface area contributed by atoms with Crippen molar-refractivity contribution in [1.29, 1.82) is 0 Å². The molecule has 0 radical (unpaired) electrons. The molecule has 1 saturated carbocycles. The Balaban J connectivity index is 0.00000192. The molecule has 23 heavy (non-hydrogen) atoms. The lowest BCUT2D eigenvalue weighted by Crippen LogP contribution is -2.37. The molecule has 1 unspecified atom stereocenters. The Hall–Kier alpha value is -1.33. The molecule has 4 nitrogen and oxygen atoms in total. The lowest BCUT2D eigenvalue weighted by molar-refractivity contribution is -0.120. The summed E-state index contributed by atoms with van der Waals surface area (Å²) >= 11 is 0. The highest BCUT2D eigenvalue weighted by Crippen LogP contribution is 2.28. The molecule has 128 valence electrons. The summed E-state index contributed by atoms with van der Waals surface area (Å²) in [4.78, 5) is 12.1. The summed E-state index contributed by atoms with van der Waals surface area (Å²) in [5.41, 5.74) is 0.492. The second-order valence-corrected chi connectivity index (χ2v) is 6.20. The van der Waals surface area contributed by atoms with Gasteiger partial charge in [-0.2, -0.15) is 0 Å². The van der Waals surface area contributed by atoms with Crippen molar-refractivity contribution in [2.45, 2.75) is 44.6 Å². The topological polar surface area (TPSA) is 50.4 Å². The van der Waals surface area contributed by atoms with Crippen LogP contribution in [0.4, 0.5) is 10.1 Å². The molecule has 1 amide bonds. The molecule has 1 aliphatic carbocycles. The maximum absolute atomic E-state index is 14.1. The number of nitrogens with one attached hydrogen (secondary N) is 2. The molecule has 1 aromatic carbocycles. The predicted octanol–water partition coefficient (Wildman–Crippen LogP) is 3.51. The number of anilines is 1. The lowest BCUT2D eigenvalue weighted by Gasteiger charge is -2.22. The minimum atomic E-state index is -0.411. The van der Waals surface area contributed by atoms with Gasteiger partial charge in [-0.05, 0) is 57.2 Å². The van der Waals surface area contributed by atoms with Crippen LogP contribution in [-0.4, -0.2) is 25.1 Å². The fraction of sp³-hybridized carbons (Fsp3) is 0.588. The van der Waals surface area contributed by atoms with E-state index in [-0.39, 0.29) is 36.1 Å². The molecule has 2 N–H and O–H groups in total. The number of ether oxygens (including phenoxy) is 1. The van der Waals surface area contributed by atoms with Crippen molar-refractivity contribution in [1.82, 2.24) is 5.32 Å². The van der Waals surface area contributed by atoms with Crippen molar-refractivity contribution in [2.75, 3.05) is 18.4 Å². The van der Waals surface area contributed by atoms with Crippen LogP contribution in [0, 0.1) is 11.7 Å². The molecule has 1 aliphatic heterocycles. The van der Waals surface area contributed by atoms with Crippen LogP contribution in [0.25, 0.3) is 0 Å². The van der Waals surface area contributed by atoms with Crippen molar-refractivity contribution in [3.8, 4) is 5.75 Å². The molecule has 6 heteroatoms. The number of amides is 1. The smallest absolute Gasteiger partial charge is 0.228 e. The molecule has 2 aliphatic rings. The largest absolute Gasteiger partial charge is 0.487 e. The van der Waals surface area contributed by atoms with Gasteiger partial charge in [0.2, 0.25) is 5.91 Å². The summed E-state index contributed by atoms with van der Waals surface area (Å²) < 4.78 is 19.8. The van der Waals surface area contributed by atoms with Crippen LogP contribution in [0.1, 0.15) is 38.5 Å². The molecule has 0 bridgehead atoms. The zero-order chi connectivity index (χ0) is 15.4. The zero-order valence-corrected chi connectivity index (χ0v) is 14.0. The second kappa shape index (κ2) is 8.50. The number of rotatable bonds is 4. The van der Waals surface area contributed by atoms with E-state index in [1.807, 2.05) is 0 Å².